The van der Waals surface area contributed by atoms with Gasteiger partial charge in [0, 0.05) is 22.8 Å². The van der Waals surface area contributed by atoms with Crippen LogP contribution in [-0.2, 0) is 17.8 Å². The average molecular weight is 459 g/mol. The number of carbonyl (C=O) groups is 2. The van der Waals surface area contributed by atoms with Crippen LogP contribution in [0.2, 0.25) is 5.02 Å². The largest absolute Gasteiger partial charge is 0.497 e. The number of methoxy groups -OCH3 is 1. The highest BCUT2D eigenvalue weighted by Crippen LogP contribution is 2.22. The fourth-order valence-corrected chi connectivity index (χ4v) is 3.98. The van der Waals surface area contributed by atoms with Crippen LogP contribution in [0.5, 0.6) is 5.75 Å². The molecule has 0 saturated heterocycles. The van der Waals surface area contributed by atoms with Gasteiger partial charge in [-0.3, -0.25) is 9.59 Å². The van der Waals surface area contributed by atoms with Gasteiger partial charge in [0.05, 0.1) is 19.3 Å². The minimum Gasteiger partial charge on any atom is -0.497 e. The predicted molar refractivity (Wildman–Crippen MR) is 122 cm³/mol. The average Bonchev–Trinajstić information content (AvgIpc) is 3.15. The molecule has 1 amide bonds. The number of halogens is 1. The van der Waals surface area contributed by atoms with Crippen molar-refractivity contribution in [1.82, 2.24) is 14.8 Å². The molecule has 0 aliphatic carbocycles. The van der Waals surface area contributed by atoms with Gasteiger partial charge in [-0.05, 0) is 55.8 Å². The van der Waals surface area contributed by atoms with E-state index in [2.05, 4.69) is 15.5 Å². The van der Waals surface area contributed by atoms with Crippen molar-refractivity contribution in [3.05, 3.63) is 64.4 Å². The van der Waals surface area contributed by atoms with Gasteiger partial charge in [-0.2, -0.15) is 0 Å². The molecule has 162 valence electrons. The van der Waals surface area contributed by atoms with Gasteiger partial charge in [-0.1, -0.05) is 29.4 Å². The van der Waals surface area contributed by atoms with E-state index >= 15 is 0 Å². The number of hydrogen-bond acceptors (Lipinski definition) is 6. The second-order valence-corrected chi connectivity index (χ2v) is 8.12. The summed E-state index contributed by atoms with van der Waals surface area (Å²) in [6.45, 7) is 4.43. The zero-order valence-electron chi connectivity index (χ0n) is 17.5. The predicted octanol–water partition coefficient (Wildman–Crippen LogP) is 4.42. The number of benzene rings is 2. The van der Waals surface area contributed by atoms with E-state index in [9.17, 15) is 9.59 Å². The van der Waals surface area contributed by atoms with Crippen LogP contribution in [0.3, 0.4) is 0 Å². The molecule has 0 atom stereocenters. The van der Waals surface area contributed by atoms with Crippen LogP contribution in [0.4, 0.5) is 5.69 Å². The molecule has 0 aliphatic rings. The number of ketones is 1. The van der Waals surface area contributed by atoms with Crippen LogP contribution in [0.15, 0.2) is 47.6 Å². The van der Waals surface area contributed by atoms with Gasteiger partial charge in [-0.25, -0.2) is 0 Å². The number of Topliss-reactive ketones (excluding diaryl/α,β-unsaturated/α-hetero) is 1. The van der Waals surface area contributed by atoms with Crippen molar-refractivity contribution in [2.45, 2.75) is 32.0 Å². The molecular weight excluding hydrogens is 436 g/mol. The van der Waals surface area contributed by atoms with E-state index in [-0.39, 0.29) is 23.9 Å². The molecule has 3 aromatic rings. The van der Waals surface area contributed by atoms with Crippen molar-refractivity contribution < 1.29 is 14.3 Å². The standard InChI is InChI=1S/C22H23ClN4O3S/c1-4-27-20(12-21(29)24-16-8-5-14(2)18(23)11-16)25-26-22(27)31-13-19(28)15-6-9-17(30-3)10-7-15/h5-11H,4,12-13H2,1-3H3,(H,24,29). The maximum atomic E-state index is 12.5. The molecule has 31 heavy (non-hydrogen) atoms. The Morgan fingerprint density at radius 3 is 2.55 bits per heavy atom. The lowest BCUT2D eigenvalue weighted by atomic mass is 10.1. The Bertz CT molecular complexity index is 1080. The van der Waals surface area contributed by atoms with Gasteiger partial charge in [0.15, 0.2) is 10.9 Å². The zero-order chi connectivity index (χ0) is 22.4. The number of anilines is 1. The molecule has 0 unspecified atom stereocenters. The smallest absolute Gasteiger partial charge is 0.232 e. The molecule has 1 aromatic heterocycles. The topological polar surface area (TPSA) is 86.1 Å². The fourth-order valence-electron chi connectivity index (χ4n) is 2.88. The van der Waals surface area contributed by atoms with Gasteiger partial charge < -0.3 is 14.6 Å². The van der Waals surface area contributed by atoms with E-state index < -0.39 is 0 Å². The van der Waals surface area contributed by atoms with Crippen molar-refractivity contribution in [2.75, 3.05) is 18.2 Å². The number of carbonyl (C=O) groups excluding carboxylic acids is 2. The van der Waals surface area contributed by atoms with Crippen LogP contribution in [0, 0.1) is 6.92 Å². The number of rotatable bonds is 9. The summed E-state index contributed by atoms with van der Waals surface area (Å²) < 4.78 is 6.95. The summed E-state index contributed by atoms with van der Waals surface area (Å²) in [4.78, 5) is 24.9. The lowest BCUT2D eigenvalue weighted by Gasteiger charge is -2.09. The number of hydrogen-bond donors (Lipinski definition) is 1. The molecule has 3 rings (SSSR count). The molecule has 1 N–H and O–H groups in total. The van der Waals surface area contributed by atoms with Gasteiger partial charge in [-0.15, -0.1) is 10.2 Å². The Morgan fingerprint density at radius 2 is 1.90 bits per heavy atom. The summed E-state index contributed by atoms with van der Waals surface area (Å²) in [5.41, 5.74) is 2.17. The number of nitrogens with zero attached hydrogens (tertiary/aromatic N) is 3. The summed E-state index contributed by atoms with van der Waals surface area (Å²) in [6, 6.07) is 12.3. The lowest BCUT2D eigenvalue weighted by molar-refractivity contribution is -0.115. The second-order valence-electron chi connectivity index (χ2n) is 6.77. The number of thioether (sulfide) groups is 1. The van der Waals surface area contributed by atoms with E-state index in [1.165, 1.54) is 11.8 Å². The highest BCUT2D eigenvalue weighted by Gasteiger charge is 2.17. The minimum atomic E-state index is -0.215. The van der Waals surface area contributed by atoms with E-state index in [0.29, 0.717) is 39.5 Å². The zero-order valence-corrected chi connectivity index (χ0v) is 19.1. The molecule has 0 saturated carbocycles. The summed E-state index contributed by atoms with van der Waals surface area (Å²) in [7, 11) is 1.58. The summed E-state index contributed by atoms with van der Waals surface area (Å²) >= 11 is 7.41. The fraction of sp³-hybridized carbons (Fsp3) is 0.273. The summed E-state index contributed by atoms with van der Waals surface area (Å²) in [5.74, 6) is 1.23. The molecule has 0 bridgehead atoms. The Balaban J connectivity index is 1.62. The van der Waals surface area contributed by atoms with Crippen molar-refractivity contribution in [1.29, 1.82) is 0 Å². The molecular formula is C22H23ClN4O3S. The highest BCUT2D eigenvalue weighted by molar-refractivity contribution is 7.99. The van der Waals surface area contributed by atoms with Crippen molar-refractivity contribution in [3.8, 4) is 5.75 Å². The number of amides is 1. The molecule has 0 spiro atoms. The highest BCUT2D eigenvalue weighted by atomic mass is 35.5. The molecule has 7 nitrogen and oxygen atoms in total. The van der Waals surface area contributed by atoms with Crippen LogP contribution >= 0.6 is 23.4 Å². The second kappa shape index (κ2) is 10.5. The quantitative estimate of drug-likeness (QED) is 0.377. The first-order chi connectivity index (χ1) is 14.9. The molecule has 1 heterocycles. The molecule has 2 aromatic carbocycles. The number of aryl methyl sites for hydroxylation is 1. The molecule has 9 heteroatoms. The van der Waals surface area contributed by atoms with Crippen LogP contribution in [0.25, 0.3) is 0 Å². The van der Waals surface area contributed by atoms with Crippen molar-refractivity contribution in [3.63, 3.8) is 0 Å². The van der Waals surface area contributed by atoms with E-state index in [1.807, 2.05) is 24.5 Å². The third-order valence-electron chi connectivity index (χ3n) is 4.63. The maximum Gasteiger partial charge on any atom is 0.232 e. The van der Waals surface area contributed by atoms with Gasteiger partial charge in [0.2, 0.25) is 5.91 Å². The maximum absolute atomic E-state index is 12.5. The van der Waals surface area contributed by atoms with Gasteiger partial charge in [0.1, 0.15) is 11.6 Å². The monoisotopic (exact) mass is 458 g/mol. The number of aromatic nitrogens is 3. The third kappa shape index (κ3) is 5.86. The normalized spacial score (nSPS) is 10.7. The molecule has 0 aliphatic heterocycles. The first-order valence-corrected chi connectivity index (χ1v) is 11.1. The molecule has 0 radical (unpaired) electrons. The van der Waals surface area contributed by atoms with Crippen LogP contribution in [-0.4, -0.2) is 39.3 Å². The van der Waals surface area contributed by atoms with E-state index in [1.54, 1.807) is 43.5 Å². The first-order valence-electron chi connectivity index (χ1n) is 9.69. The Kier molecular flexibility index (Phi) is 7.70. The lowest BCUT2D eigenvalue weighted by Crippen LogP contribution is -2.17. The Labute approximate surface area is 190 Å². The number of ether oxygens (including phenoxy) is 1. The number of nitrogens with one attached hydrogen (secondary N) is 1. The summed E-state index contributed by atoms with van der Waals surface area (Å²) in [5, 5.41) is 12.3. The first kappa shape index (κ1) is 22.8. The van der Waals surface area contributed by atoms with Gasteiger partial charge >= 0.3 is 0 Å². The van der Waals surface area contributed by atoms with Crippen LogP contribution < -0.4 is 10.1 Å². The third-order valence-corrected chi connectivity index (χ3v) is 6.00. The van der Waals surface area contributed by atoms with Gasteiger partial charge in [0.25, 0.3) is 0 Å². The van der Waals surface area contributed by atoms with Crippen molar-refractivity contribution in [2.24, 2.45) is 0 Å². The molecule has 0 fully saturated rings. The van der Waals surface area contributed by atoms with Crippen LogP contribution in [0.1, 0.15) is 28.7 Å². The summed E-state index contributed by atoms with van der Waals surface area (Å²) in [6.07, 6.45) is 0.0688. The van der Waals surface area contributed by atoms with Crippen molar-refractivity contribution >= 4 is 40.7 Å². The SMILES string of the molecule is CCn1c(CC(=O)Nc2ccc(C)c(Cl)c2)nnc1SCC(=O)c1ccc(OC)cc1. The van der Waals surface area contributed by atoms with E-state index in [0.717, 1.165) is 5.56 Å². The Hall–Kier alpha value is -2.84. The Morgan fingerprint density at radius 1 is 1.16 bits per heavy atom. The minimum absolute atomic E-state index is 0.0196. The van der Waals surface area contributed by atoms with E-state index in [4.69, 9.17) is 16.3 Å².